The van der Waals surface area contributed by atoms with Crippen molar-refractivity contribution in [3.63, 3.8) is 0 Å². The first kappa shape index (κ1) is 20.7. The van der Waals surface area contributed by atoms with Crippen LogP contribution in [0.5, 0.6) is 0 Å². The van der Waals surface area contributed by atoms with Gasteiger partial charge in [-0.3, -0.25) is 4.79 Å². The molecule has 1 amide bonds. The standard InChI is InChI=1S/C21H26FN5O2/c1-6-26(13-10-17-25-19(14(2)29-17)21(3,4)5)20(28)15-8-7-9-16(22)18(15)27-23-11-12-24-27/h7-9,11-12H,6,10,13H2,1-5H3. The van der Waals surface area contributed by atoms with Gasteiger partial charge in [-0.15, -0.1) is 4.80 Å². The summed E-state index contributed by atoms with van der Waals surface area (Å²) in [6, 6.07) is 4.38. The molecule has 0 saturated carbocycles. The van der Waals surface area contributed by atoms with Gasteiger partial charge >= 0.3 is 0 Å². The number of nitrogens with zero attached hydrogens (tertiary/aromatic N) is 5. The Labute approximate surface area is 169 Å². The lowest BCUT2D eigenvalue weighted by molar-refractivity contribution is 0.0763. The highest BCUT2D eigenvalue weighted by Gasteiger charge is 2.25. The van der Waals surface area contributed by atoms with Crippen LogP contribution in [-0.4, -0.2) is 43.9 Å². The number of benzene rings is 1. The van der Waals surface area contributed by atoms with Gasteiger partial charge in [-0.05, 0) is 26.0 Å². The molecule has 0 bridgehead atoms. The number of hydrogen-bond acceptors (Lipinski definition) is 5. The van der Waals surface area contributed by atoms with E-state index in [9.17, 15) is 9.18 Å². The molecule has 0 unspecified atom stereocenters. The van der Waals surface area contributed by atoms with Crippen LogP contribution in [0, 0.1) is 12.7 Å². The molecule has 7 nitrogen and oxygen atoms in total. The Morgan fingerprint density at radius 3 is 2.52 bits per heavy atom. The van der Waals surface area contributed by atoms with Gasteiger partial charge in [0.2, 0.25) is 0 Å². The fraction of sp³-hybridized carbons (Fsp3) is 0.429. The van der Waals surface area contributed by atoms with E-state index in [2.05, 4.69) is 36.0 Å². The van der Waals surface area contributed by atoms with E-state index in [1.54, 1.807) is 11.0 Å². The smallest absolute Gasteiger partial charge is 0.256 e. The van der Waals surface area contributed by atoms with Crippen molar-refractivity contribution >= 4 is 5.91 Å². The summed E-state index contributed by atoms with van der Waals surface area (Å²) in [6.07, 6.45) is 3.35. The molecule has 2 aromatic heterocycles. The van der Waals surface area contributed by atoms with E-state index in [4.69, 9.17) is 4.42 Å². The normalized spacial score (nSPS) is 11.7. The molecule has 3 aromatic rings. The predicted octanol–water partition coefficient (Wildman–Crippen LogP) is 3.71. The molecular weight excluding hydrogens is 373 g/mol. The number of carbonyl (C=O) groups is 1. The molecular formula is C21H26FN5O2. The molecule has 0 fully saturated rings. The molecule has 0 N–H and O–H groups in total. The summed E-state index contributed by atoms with van der Waals surface area (Å²) >= 11 is 0. The number of para-hydroxylation sites is 1. The van der Waals surface area contributed by atoms with Crippen LogP contribution in [0.1, 0.15) is 55.4 Å². The van der Waals surface area contributed by atoms with E-state index >= 15 is 0 Å². The Balaban J connectivity index is 1.82. The maximum Gasteiger partial charge on any atom is 0.256 e. The van der Waals surface area contributed by atoms with Crippen LogP contribution >= 0.6 is 0 Å². The van der Waals surface area contributed by atoms with Gasteiger partial charge in [-0.1, -0.05) is 26.8 Å². The summed E-state index contributed by atoms with van der Waals surface area (Å²) in [6.45, 7) is 10.9. The molecule has 8 heteroatoms. The topological polar surface area (TPSA) is 77.0 Å². The molecule has 0 saturated heterocycles. The van der Waals surface area contributed by atoms with Crippen molar-refractivity contribution in [2.45, 2.75) is 46.5 Å². The number of rotatable bonds is 6. The second-order valence-corrected chi connectivity index (χ2v) is 7.85. The Kier molecular flexibility index (Phi) is 5.81. The molecule has 3 rings (SSSR count). The number of carbonyl (C=O) groups excluding carboxylic acids is 1. The summed E-state index contributed by atoms with van der Waals surface area (Å²) in [7, 11) is 0. The minimum absolute atomic E-state index is 0.0444. The van der Waals surface area contributed by atoms with Gasteiger partial charge < -0.3 is 9.32 Å². The summed E-state index contributed by atoms with van der Waals surface area (Å²) in [5.41, 5.74) is 1.06. The van der Waals surface area contributed by atoms with Crippen molar-refractivity contribution < 1.29 is 13.6 Å². The van der Waals surface area contributed by atoms with Crippen LogP contribution in [0.15, 0.2) is 35.0 Å². The van der Waals surface area contributed by atoms with Gasteiger partial charge in [0, 0.05) is 24.9 Å². The van der Waals surface area contributed by atoms with Crippen LogP contribution in [0.2, 0.25) is 0 Å². The summed E-state index contributed by atoms with van der Waals surface area (Å²) < 4.78 is 20.2. The molecule has 0 radical (unpaired) electrons. The number of oxazole rings is 1. The van der Waals surface area contributed by atoms with Crippen molar-refractivity contribution in [2.24, 2.45) is 0 Å². The summed E-state index contributed by atoms with van der Waals surface area (Å²) in [5, 5.41) is 7.95. The Bertz CT molecular complexity index is 989. The number of aromatic nitrogens is 4. The summed E-state index contributed by atoms with van der Waals surface area (Å²) in [5.74, 6) is 0.533. The molecule has 0 aliphatic rings. The average molecular weight is 399 g/mol. The molecule has 29 heavy (non-hydrogen) atoms. The third-order valence-corrected chi connectivity index (χ3v) is 4.65. The van der Waals surface area contributed by atoms with Crippen molar-refractivity contribution in [1.29, 1.82) is 0 Å². The van der Waals surface area contributed by atoms with Gasteiger partial charge in [0.1, 0.15) is 11.4 Å². The van der Waals surface area contributed by atoms with Crippen LogP contribution < -0.4 is 0 Å². The van der Waals surface area contributed by atoms with Crippen LogP contribution in [0.25, 0.3) is 5.69 Å². The van der Waals surface area contributed by atoms with E-state index in [0.29, 0.717) is 25.4 Å². The molecule has 0 spiro atoms. The van der Waals surface area contributed by atoms with Crippen molar-refractivity contribution in [1.82, 2.24) is 24.9 Å². The maximum atomic E-state index is 14.5. The van der Waals surface area contributed by atoms with Gasteiger partial charge in [0.05, 0.1) is 23.7 Å². The number of halogens is 1. The second kappa shape index (κ2) is 8.14. The van der Waals surface area contributed by atoms with Crippen LogP contribution in [0.4, 0.5) is 4.39 Å². The average Bonchev–Trinajstić information content (AvgIpc) is 3.31. The molecule has 154 valence electrons. The third kappa shape index (κ3) is 4.36. The lowest BCUT2D eigenvalue weighted by Gasteiger charge is -2.21. The SMILES string of the molecule is CCN(CCc1nc(C(C)(C)C)c(C)o1)C(=O)c1cccc(F)c1-n1nccn1. The Morgan fingerprint density at radius 2 is 1.93 bits per heavy atom. The zero-order valence-electron chi connectivity index (χ0n) is 17.4. The molecule has 0 aliphatic carbocycles. The number of likely N-dealkylation sites (N-methyl/N-ethyl adjacent to an activating group) is 1. The number of amides is 1. The van der Waals surface area contributed by atoms with E-state index in [1.807, 2.05) is 13.8 Å². The number of aryl methyl sites for hydroxylation is 1. The van der Waals surface area contributed by atoms with Crippen molar-refractivity contribution in [2.75, 3.05) is 13.1 Å². The Morgan fingerprint density at radius 1 is 1.24 bits per heavy atom. The highest BCUT2D eigenvalue weighted by Crippen LogP contribution is 2.25. The highest BCUT2D eigenvalue weighted by molar-refractivity contribution is 5.97. The quantitative estimate of drug-likeness (QED) is 0.632. The largest absolute Gasteiger partial charge is 0.446 e. The van der Waals surface area contributed by atoms with E-state index in [1.165, 1.54) is 24.5 Å². The summed E-state index contributed by atoms with van der Waals surface area (Å²) in [4.78, 5) is 20.5. The van der Waals surface area contributed by atoms with Crippen molar-refractivity contribution in [3.8, 4) is 5.69 Å². The van der Waals surface area contributed by atoms with Gasteiger partial charge in [0.25, 0.3) is 5.91 Å². The monoisotopic (exact) mass is 399 g/mol. The maximum absolute atomic E-state index is 14.5. The lowest BCUT2D eigenvalue weighted by atomic mass is 9.91. The van der Waals surface area contributed by atoms with Crippen LogP contribution in [0.3, 0.4) is 0 Å². The minimum Gasteiger partial charge on any atom is -0.446 e. The van der Waals surface area contributed by atoms with Gasteiger partial charge in [-0.25, -0.2) is 9.37 Å². The predicted molar refractivity (Wildman–Crippen MR) is 107 cm³/mol. The van der Waals surface area contributed by atoms with Gasteiger partial charge in [0.15, 0.2) is 11.7 Å². The molecule has 0 atom stereocenters. The van der Waals surface area contributed by atoms with E-state index in [-0.39, 0.29) is 22.6 Å². The number of hydrogen-bond donors (Lipinski definition) is 0. The third-order valence-electron chi connectivity index (χ3n) is 4.65. The van der Waals surface area contributed by atoms with Crippen LogP contribution in [-0.2, 0) is 11.8 Å². The second-order valence-electron chi connectivity index (χ2n) is 7.85. The minimum atomic E-state index is -0.554. The van der Waals surface area contributed by atoms with E-state index in [0.717, 1.165) is 16.3 Å². The fourth-order valence-corrected chi connectivity index (χ4v) is 3.28. The Hall–Kier alpha value is -3.03. The molecule has 1 aromatic carbocycles. The highest BCUT2D eigenvalue weighted by atomic mass is 19.1. The first-order chi connectivity index (χ1) is 13.7. The lowest BCUT2D eigenvalue weighted by Crippen LogP contribution is -2.33. The van der Waals surface area contributed by atoms with E-state index < -0.39 is 5.82 Å². The van der Waals surface area contributed by atoms with Crippen molar-refractivity contribution in [3.05, 3.63) is 59.3 Å². The van der Waals surface area contributed by atoms with Gasteiger partial charge in [-0.2, -0.15) is 10.2 Å². The first-order valence-corrected chi connectivity index (χ1v) is 9.63. The zero-order chi connectivity index (χ0) is 21.2. The molecule has 2 heterocycles. The fourth-order valence-electron chi connectivity index (χ4n) is 3.28. The zero-order valence-corrected chi connectivity index (χ0v) is 17.4. The first-order valence-electron chi connectivity index (χ1n) is 9.63. The molecule has 0 aliphatic heterocycles.